The van der Waals surface area contributed by atoms with Crippen LogP contribution in [0.5, 0.6) is 0 Å². The number of nitrogens with two attached hydrogens (primary N) is 1. The monoisotopic (exact) mass is 310 g/mol. The van der Waals surface area contributed by atoms with Gasteiger partial charge in [0.15, 0.2) is 0 Å². The zero-order valence-electron chi connectivity index (χ0n) is 13.1. The maximum Gasteiger partial charge on any atom is 0.238 e. The lowest BCUT2D eigenvalue weighted by Crippen LogP contribution is -2.20. The lowest BCUT2D eigenvalue weighted by atomic mass is 10.0. The fourth-order valence-corrected chi connectivity index (χ4v) is 3.61. The summed E-state index contributed by atoms with van der Waals surface area (Å²) in [6, 6.07) is 3.74. The third-order valence-corrected chi connectivity index (χ3v) is 5.48. The number of benzene rings is 1. The summed E-state index contributed by atoms with van der Waals surface area (Å²) >= 11 is 0. The smallest absolute Gasteiger partial charge is 0.238 e. The van der Waals surface area contributed by atoms with Crippen LogP contribution in [0.3, 0.4) is 0 Å². The fraction of sp³-hybridized carbons (Fsp3) is 0.625. The van der Waals surface area contributed by atoms with Crippen LogP contribution >= 0.6 is 0 Å². The predicted octanol–water partition coefficient (Wildman–Crippen LogP) is 3.33. The third-order valence-electron chi connectivity index (χ3n) is 4.59. The Bertz CT molecular complexity index is 611. The molecule has 2 atom stereocenters. The molecular formula is C16H26N2O2S. The van der Waals surface area contributed by atoms with Gasteiger partial charge in [0.05, 0.1) is 4.90 Å². The normalized spacial score (nSPS) is 23.6. The molecule has 5 heteroatoms. The zero-order chi connectivity index (χ0) is 15.6. The van der Waals surface area contributed by atoms with Gasteiger partial charge in [-0.1, -0.05) is 19.8 Å². The molecule has 1 aliphatic rings. The van der Waals surface area contributed by atoms with Crippen molar-refractivity contribution in [3.05, 3.63) is 23.3 Å². The standard InChI is InChI=1S/C16H26N2O2S/c1-11-5-4-6-14(8-7-11)18-16-10-15(21(17,19)20)9-12(2)13(16)3/h9-11,14,18H,4-8H2,1-3H3,(H2,17,19,20). The van der Waals surface area contributed by atoms with E-state index in [0.717, 1.165) is 35.6 Å². The average molecular weight is 310 g/mol. The van der Waals surface area contributed by atoms with Gasteiger partial charge in [-0.25, -0.2) is 13.6 Å². The molecule has 0 radical (unpaired) electrons. The van der Waals surface area contributed by atoms with Crippen molar-refractivity contribution in [3.8, 4) is 0 Å². The van der Waals surface area contributed by atoms with Crippen molar-refractivity contribution in [1.29, 1.82) is 0 Å². The number of nitrogens with one attached hydrogen (secondary N) is 1. The highest BCUT2D eigenvalue weighted by Gasteiger charge is 2.18. The van der Waals surface area contributed by atoms with Gasteiger partial charge >= 0.3 is 0 Å². The van der Waals surface area contributed by atoms with Crippen LogP contribution in [0, 0.1) is 19.8 Å². The molecule has 0 spiro atoms. The first kappa shape index (κ1) is 16.3. The summed E-state index contributed by atoms with van der Waals surface area (Å²) in [6.07, 6.45) is 6.02. The van der Waals surface area contributed by atoms with E-state index in [-0.39, 0.29) is 4.90 Å². The summed E-state index contributed by atoms with van der Waals surface area (Å²) in [5, 5.41) is 8.81. The molecule has 1 fully saturated rings. The van der Waals surface area contributed by atoms with Crippen LogP contribution in [0.2, 0.25) is 0 Å². The van der Waals surface area contributed by atoms with Crippen LogP contribution in [0.1, 0.15) is 50.2 Å². The zero-order valence-corrected chi connectivity index (χ0v) is 14.0. The Morgan fingerprint density at radius 1 is 1.14 bits per heavy atom. The van der Waals surface area contributed by atoms with E-state index in [4.69, 9.17) is 5.14 Å². The minimum absolute atomic E-state index is 0.190. The molecule has 1 saturated carbocycles. The predicted molar refractivity (Wildman–Crippen MR) is 86.9 cm³/mol. The van der Waals surface area contributed by atoms with Gasteiger partial charge in [0.2, 0.25) is 10.0 Å². The molecule has 0 aliphatic heterocycles. The van der Waals surface area contributed by atoms with E-state index in [2.05, 4.69) is 12.2 Å². The Morgan fingerprint density at radius 3 is 2.52 bits per heavy atom. The molecule has 1 aromatic carbocycles. The first-order chi connectivity index (χ1) is 9.77. The van der Waals surface area contributed by atoms with E-state index < -0.39 is 10.0 Å². The van der Waals surface area contributed by atoms with E-state index >= 15 is 0 Å². The van der Waals surface area contributed by atoms with Gasteiger partial charge in [-0.2, -0.15) is 0 Å². The average Bonchev–Trinajstić information content (AvgIpc) is 2.58. The molecule has 2 unspecified atom stereocenters. The lowest BCUT2D eigenvalue weighted by Gasteiger charge is -2.21. The highest BCUT2D eigenvalue weighted by molar-refractivity contribution is 7.89. The maximum atomic E-state index is 11.6. The molecule has 0 amide bonds. The second kappa shape index (κ2) is 6.36. The molecule has 1 aromatic rings. The van der Waals surface area contributed by atoms with Crippen LogP contribution < -0.4 is 10.5 Å². The van der Waals surface area contributed by atoms with E-state index in [1.165, 1.54) is 19.3 Å². The summed E-state index contributed by atoms with van der Waals surface area (Å²) in [6.45, 7) is 6.24. The maximum absolute atomic E-state index is 11.6. The highest BCUT2D eigenvalue weighted by atomic mass is 32.2. The van der Waals surface area contributed by atoms with Crippen molar-refractivity contribution >= 4 is 15.7 Å². The molecule has 0 heterocycles. The van der Waals surface area contributed by atoms with Crippen molar-refractivity contribution in [2.24, 2.45) is 11.1 Å². The summed E-state index contributed by atoms with van der Waals surface area (Å²) in [5.41, 5.74) is 2.95. The highest BCUT2D eigenvalue weighted by Crippen LogP contribution is 2.28. The lowest BCUT2D eigenvalue weighted by molar-refractivity contribution is 0.502. The van der Waals surface area contributed by atoms with E-state index in [9.17, 15) is 8.42 Å². The first-order valence-electron chi connectivity index (χ1n) is 7.68. The summed E-state index contributed by atoms with van der Waals surface area (Å²) in [5.74, 6) is 0.787. The Labute approximate surface area is 128 Å². The van der Waals surface area contributed by atoms with Gasteiger partial charge < -0.3 is 5.32 Å². The Balaban J connectivity index is 2.25. The molecule has 118 valence electrons. The van der Waals surface area contributed by atoms with Crippen molar-refractivity contribution in [1.82, 2.24) is 0 Å². The van der Waals surface area contributed by atoms with Crippen LogP contribution in [0.15, 0.2) is 17.0 Å². The van der Waals surface area contributed by atoms with E-state index in [1.54, 1.807) is 12.1 Å². The van der Waals surface area contributed by atoms with Crippen LogP contribution in [0.25, 0.3) is 0 Å². The van der Waals surface area contributed by atoms with Crippen molar-refractivity contribution < 1.29 is 8.42 Å². The summed E-state index contributed by atoms with van der Waals surface area (Å²) < 4.78 is 23.2. The number of anilines is 1. The first-order valence-corrected chi connectivity index (χ1v) is 9.22. The van der Waals surface area contributed by atoms with Crippen LogP contribution in [0.4, 0.5) is 5.69 Å². The SMILES string of the molecule is Cc1cc(S(N)(=O)=O)cc(NC2CCCC(C)CC2)c1C. The fourth-order valence-electron chi connectivity index (χ4n) is 2.99. The van der Waals surface area contributed by atoms with Crippen molar-refractivity contribution in [2.45, 2.75) is 63.8 Å². The topological polar surface area (TPSA) is 72.2 Å². The van der Waals surface area contributed by atoms with Crippen LogP contribution in [-0.2, 0) is 10.0 Å². The number of sulfonamides is 1. The number of hydrogen-bond donors (Lipinski definition) is 2. The molecule has 0 aromatic heterocycles. The molecule has 4 nitrogen and oxygen atoms in total. The quantitative estimate of drug-likeness (QED) is 0.841. The molecular weight excluding hydrogens is 284 g/mol. The van der Waals surface area contributed by atoms with Gasteiger partial charge in [0.1, 0.15) is 0 Å². The minimum Gasteiger partial charge on any atom is -0.382 e. The molecule has 0 saturated heterocycles. The third kappa shape index (κ3) is 4.20. The van der Waals surface area contributed by atoms with Gasteiger partial charge in [0, 0.05) is 11.7 Å². The van der Waals surface area contributed by atoms with Crippen molar-refractivity contribution in [2.75, 3.05) is 5.32 Å². The summed E-state index contributed by atoms with van der Waals surface area (Å²) in [7, 11) is -3.66. The van der Waals surface area contributed by atoms with E-state index in [1.807, 2.05) is 13.8 Å². The Hall–Kier alpha value is -1.07. The Morgan fingerprint density at radius 2 is 1.86 bits per heavy atom. The van der Waals surface area contributed by atoms with Gasteiger partial charge in [-0.15, -0.1) is 0 Å². The van der Waals surface area contributed by atoms with Crippen LogP contribution in [-0.4, -0.2) is 14.5 Å². The van der Waals surface area contributed by atoms with Gasteiger partial charge in [-0.05, 0) is 62.3 Å². The second-order valence-electron chi connectivity index (χ2n) is 6.41. The molecule has 2 rings (SSSR count). The number of rotatable bonds is 3. The molecule has 0 bridgehead atoms. The number of hydrogen-bond acceptors (Lipinski definition) is 3. The largest absolute Gasteiger partial charge is 0.382 e. The van der Waals surface area contributed by atoms with Crippen molar-refractivity contribution in [3.63, 3.8) is 0 Å². The number of primary sulfonamides is 1. The molecule has 1 aliphatic carbocycles. The minimum atomic E-state index is -3.66. The summed E-state index contributed by atoms with van der Waals surface area (Å²) in [4.78, 5) is 0.190. The molecule has 3 N–H and O–H groups in total. The van der Waals surface area contributed by atoms with Gasteiger partial charge in [-0.3, -0.25) is 0 Å². The second-order valence-corrected chi connectivity index (χ2v) is 7.97. The van der Waals surface area contributed by atoms with E-state index in [0.29, 0.717) is 6.04 Å². The number of aryl methyl sites for hydroxylation is 1. The molecule has 21 heavy (non-hydrogen) atoms. The Kier molecular flexibility index (Phi) is 4.94. The van der Waals surface area contributed by atoms with Gasteiger partial charge in [0.25, 0.3) is 0 Å².